The molecular weight excluding hydrogens is 352 g/mol. The van der Waals surface area contributed by atoms with Gasteiger partial charge in [-0.15, -0.1) is 10.2 Å². The molecule has 0 saturated carbocycles. The van der Waals surface area contributed by atoms with E-state index in [1.54, 1.807) is 31.5 Å². The van der Waals surface area contributed by atoms with Crippen molar-refractivity contribution in [1.82, 2.24) is 20.5 Å². The second kappa shape index (κ2) is 7.84. The number of rotatable bonds is 5. The van der Waals surface area contributed by atoms with Crippen molar-refractivity contribution in [2.75, 3.05) is 0 Å². The molecular formula is C22H18N4O2. The summed E-state index contributed by atoms with van der Waals surface area (Å²) in [6, 6.07) is 19.2. The van der Waals surface area contributed by atoms with Gasteiger partial charge in [-0.1, -0.05) is 42.5 Å². The smallest absolute Gasteiger partial charge is 0.251 e. The molecule has 0 fully saturated rings. The fourth-order valence-electron chi connectivity index (χ4n) is 2.82. The summed E-state index contributed by atoms with van der Waals surface area (Å²) in [5.41, 5.74) is 4.28. The van der Waals surface area contributed by atoms with Gasteiger partial charge in [0.25, 0.3) is 5.91 Å². The van der Waals surface area contributed by atoms with Crippen LogP contribution >= 0.6 is 0 Å². The average Bonchev–Trinajstić information content (AvgIpc) is 3.19. The maximum Gasteiger partial charge on any atom is 0.251 e. The Hall–Kier alpha value is -3.80. The summed E-state index contributed by atoms with van der Waals surface area (Å²) in [6.07, 6.45) is 3.44. The number of hydrogen-bond donors (Lipinski definition) is 1. The first-order valence-corrected chi connectivity index (χ1v) is 8.87. The van der Waals surface area contributed by atoms with Crippen LogP contribution in [0.15, 0.2) is 77.5 Å². The van der Waals surface area contributed by atoms with Gasteiger partial charge in [0.1, 0.15) is 0 Å². The Balaban J connectivity index is 1.48. The first-order valence-electron chi connectivity index (χ1n) is 8.87. The molecule has 0 aliphatic heterocycles. The van der Waals surface area contributed by atoms with Crippen molar-refractivity contribution in [2.24, 2.45) is 0 Å². The summed E-state index contributed by atoms with van der Waals surface area (Å²) < 4.78 is 5.46. The molecule has 0 saturated heterocycles. The Morgan fingerprint density at radius 3 is 2.39 bits per heavy atom. The maximum atomic E-state index is 12.4. The predicted molar refractivity (Wildman–Crippen MR) is 105 cm³/mol. The van der Waals surface area contributed by atoms with Gasteiger partial charge < -0.3 is 9.73 Å². The molecule has 0 aliphatic rings. The van der Waals surface area contributed by atoms with E-state index in [1.807, 2.05) is 48.5 Å². The van der Waals surface area contributed by atoms with Crippen LogP contribution in [0.5, 0.6) is 0 Å². The molecule has 138 valence electrons. The van der Waals surface area contributed by atoms with Crippen molar-refractivity contribution in [3.63, 3.8) is 0 Å². The normalized spacial score (nSPS) is 10.6. The predicted octanol–water partition coefficient (Wildman–Crippen LogP) is 4.04. The van der Waals surface area contributed by atoms with E-state index in [9.17, 15) is 4.79 Å². The van der Waals surface area contributed by atoms with Crippen LogP contribution in [0.4, 0.5) is 0 Å². The highest BCUT2D eigenvalue weighted by molar-refractivity contribution is 5.94. The van der Waals surface area contributed by atoms with E-state index in [0.29, 0.717) is 23.9 Å². The highest BCUT2D eigenvalue weighted by Crippen LogP contribution is 2.24. The Morgan fingerprint density at radius 2 is 1.68 bits per heavy atom. The lowest BCUT2D eigenvalue weighted by Crippen LogP contribution is -2.22. The highest BCUT2D eigenvalue weighted by Gasteiger charge is 2.10. The number of benzene rings is 2. The van der Waals surface area contributed by atoms with Crippen LogP contribution in [0.1, 0.15) is 21.8 Å². The SMILES string of the molecule is Cc1nnc(-c2cncc(-c3ccc(C(=O)NCc4ccccc4)cc3)c2)o1. The molecule has 4 rings (SSSR count). The van der Waals surface area contributed by atoms with E-state index >= 15 is 0 Å². The van der Waals surface area contributed by atoms with Gasteiger partial charge in [-0.2, -0.15) is 0 Å². The molecule has 2 heterocycles. The summed E-state index contributed by atoms with van der Waals surface area (Å²) in [5.74, 6) is 0.832. The standard InChI is InChI=1S/C22H18N4O2/c1-15-25-26-22(28-15)20-11-19(13-23-14-20)17-7-9-18(10-8-17)21(27)24-12-16-5-3-2-4-6-16/h2-11,13-14H,12H2,1H3,(H,24,27). The van der Waals surface area contributed by atoms with Crippen LogP contribution in [0.25, 0.3) is 22.6 Å². The lowest BCUT2D eigenvalue weighted by atomic mass is 10.0. The fraction of sp³-hybridized carbons (Fsp3) is 0.0909. The first kappa shape index (κ1) is 17.6. The topological polar surface area (TPSA) is 80.9 Å². The molecule has 0 radical (unpaired) electrons. The van der Waals surface area contributed by atoms with Gasteiger partial charge >= 0.3 is 0 Å². The molecule has 4 aromatic rings. The molecule has 28 heavy (non-hydrogen) atoms. The second-order valence-electron chi connectivity index (χ2n) is 6.33. The number of hydrogen-bond acceptors (Lipinski definition) is 5. The van der Waals surface area contributed by atoms with Crippen molar-refractivity contribution >= 4 is 5.91 Å². The van der Waals surface area contributed by atoms with Gasteiger partial charge in [0.05, 0.1) is 5.56 Å². The first-order chi connectivity index (χ1) is 13.7. The molecule has 1 amide bonds. The van der Waals surface area contributed by atoms with Crippen molar-refractivity contribution < 1.29 is 9.21 Å². The van der Waals surface area contributed by atoms with Gasteiger partial charge in [0, 0.05) is 37.0 Å². The van der Waals surface area contributed by atoms with E-state index in [-0.39, 0.29) is 5.91 Å². The van der Waals surface area contributed by atoms with Crippen LogP contribution in [0.2, 0.25) is 0 Å². The van der Waals surface area contributed by atoms with E-state index in [0.717, 1.165) is 22.3 Å². The molecule has 0 bridgehead atoms. The van der Waals surface area contributed by atoms with Crippen LogP contribution < -0.4 is 5.32 Å². The third-order valence-electron chi connectivity index (χ3n) is 4.29. The van der Waals surface area contributed by atoms with Crippen LogP contribution in [-0.4, -0.2) is 21.1 Å². The number of amides is 1. The number of nitrogens with one attached hydrogen (secondary N) is 1. The van der Waals surface area contributed by atoms with Crippen molar-refractivity contribution in [2.45, 2.75) is 13.5 Å². The molecule has 0 spiro atoms. The quantitative estimate of drug-likeness (QED) is 0.573. The minimum Gasteiger partial charge on any atom is -0.421 e. The van der Waals surface area contributed by atoms with Crippen LogP contribution in [0.3, 0.4) is 0 Å². The largest absolute Gasteiger partial charge is 0.421 e. The van der Waals surface area contributed by atoms with E-state index in [4.69, 9.17) is 4.42 Å². The van der Waals surface area contributed by atoms with Crippen molar-refractivity contribution in [3.8, 4) is 22.6 Å². The van der Waals surface area contributed by atoms with Gasteiger partial charge in [-0.05, 0) is 29.3 Å². The molecule has 6 nitrogen and oxygen atoms in total. The molecule has 1 N–H and O–H groups in total. The molecule has 2 aromatic carbocycles. The zero-order valence-electron chi connectivity index (χ0n) is 15.3. The summed E-state index contributed by atoms with van der Waals surface area (Å²) in [6.45, 7) is 2.24. The van der Waals surface area contributed by atoms with Gasteiger partial charge in [-0.3, -0.25) is 9.78 Å². The van der Waals surface area contributed by atoms with E-state index < -0.39 is 0 Å². The minimum atomic E-state index is -0.108. The summed E-state index contributed by atoms with van der Waals surface area (Å²) >= 11 is 0. The average molecular weight is 370 g/mol. The Morgan fingerprint density at radius 1 is 0.929 bits per heavy atom. The van der Waals surface area contributed by atoms with E-state index in [1.165, 1.54) is 0 Å². The van der Waals surface area contributed by atoms with Gasteiger partial charge in [0.2, 0.25) is 11.8 Å². The van der Waals surface area contributed by atoms with Gasteiger partial charge in [0.15, 0.2) is 0 Å². The molecule has 0 unspecified atom stereocenters. The van der Waals surface area contributed by atoms with Crippen molar-refractivity contribution in [1.29, 1.82) is 0 Å². The Labute approximate surface area is 162 Å². The van der Waals surface area contributed by atoms with E-state index in [2.05, 4.69) is 20.5 Å². The molecule has 0 atom stereocenters. The third-order valence-corrected chi connectivity index (χ3v) is 4.29. The summed E-state index contributed by atoms with van der Waals surface area (Å²) in [5, 5.41) is 10.8. The number of pyridine rings is 1. The zero-order valence-corrected chi connectivity index (χ0v) is 15.3. The maximum absolute atomic E-state index is 12.4. The monoisotopic (exact) mass is 370 g/mol. The lowest BCUT2D eigenvalue weighted by molar-refractivity contribution is 0.0951. The number of carbonyl (C=O) groups is 1. The van der Waals surface area contributed by atoms with Crippen LogP contribution in [0, 0.1) is 6.92 Å². The van der Waals surface area contributed by atoms with Gasteiger partial charge in [-0.25, -0.2) is 0 Å². The summed E-state index contributed by atoms with van der Waals surface area (Å²) in [7, 11) is 0. The molecule has 0 aliphatic carbocycles. The van der Waals surface area contributed by atoms with Crippen LogP contribution in [-0.2, 0) is 6.54 Å². The zero-order chi connectivity index (χ0) is 19.3. The minimum absolute atomic E-state index is 0.108. The number of nitrogens with zero attached hydrogens (tertiary/aromatic N) is 3. The lowest BCUT2D eigenvalue weighted by Gasteiger charge is -2.07. The fourth-order valence-corrected chi connectivity index (χ4v) is 2.82. The Kier molecular flexibility index (Phi) is 4.93. The summed E-state index contributed by atoms with van der Waals surface area (Å²) in [4.78, 5) is 16.6. The highest BCUT2D eigenvalue weighted by atomic mass is 16.4. The second-order valence-corrected chi connectivity index (χ2v) is 6.33. The number of aryl methyl sites for hydroxylation is 1. The molecule has 6 heteroatoms. The third kappa shape index (κ3) is 3.96. The molecule has 2 aromatic heterocycles. The number of carbonyl (C=O) groups excluding carboxylic acids is 1. The number of aromatic nitrogens is 3. The Bertz CT molecular complexity index is 1090. The van der Waals surface area contributed by atoms with Crippen molar-refractivity contribution in [3.05, 3.63) is 90.1 Å².